The van der Waals surface area contributed by atoms with E-state index >= 15 is 0 Å². The van der Waals surface area contributed by atoms with Gasteiger partial charge in [0.05, 0.1) is 6.61 Å². The van der Waals surface area contributed by atoms with Crippen molar-refractivity contribution >= 4 is 11.3 Å². The van der Waals surface area contributed by atoms with Crippen LogP contribution in [0.2, 0.25) is 0 Å². The fourth-order valence-electron chi connectivity index (χ4n) is 2.06. The Hall–Kier alpha value is -1.32. The van der Waals surface area contributed by atoms with Gasteiger partial charge in [0.25, 0.3) is 0 Å². The summed E-state index contributed by atoms with van der Waals surface area (Å²) in [4.78, 5) is 0. The average Bonchev–Trinajstić information content (AvgIpc) is 2.91. The minimum absolute atomic E-state index is 0.109. The van der Waals surface area contributed by atoms with Crippen LogP contribution in [0.15, 0.2) is 35.0 Å². The number of ether oxygens (including phenoxy) is 1. The fraction of sp³-hybridized carbons (Fsp3) is 0.444. The molecule has 1 aromatic heterocycles. The van der Waals surface area contributed by atoms with Crippen LogP contribution in [-0.4, -0.2) is 12.1 Å². The predicted octanol–water partition coefficient (Wildman–Crippen LogP) is 4.57. The van der Waals surface area contributed by atoms with Crippen molar-refractivity contribution in [3.63, 3.8) is 0 Å². The molecule has 0 aliphatic carbocycles. The molecule has 2 aromatic rings. The number of hydrogen-bond acceptors (Lipinski definition) is 3. The van der Waals surface area contributed by atoms with Crippen LogP contribution >= 0.6 is 11.3 Å². The monoisotopic (exact) mass is 303 g/mol. The molecule has 1 aromatic carbocycles. The lowest BCUT2D eigenvalue weighted by Gasteiger charge is -2.22. The van der Waals surface area contributed by atoms with Gasteiger partial charge in [-0.3, -0.25) is 0 Å². The molecule has 0 unspecified atom stereocenters. The van der Waals surface area contributed by atoms with E-state index in [9.17, 15) is 0 Å². The van der Waals surface area contributed by atoms with Gasteiger partial charge in [0.15, 0.2) is 0 Å². The predicted molar refractivity (Wildman–Crippen MR) is 91.3 cm³/mol. The molecule has 0 bridgehead atoms. The Bertz CT molecular complexity index is 555. The Balaban J connectivity index is 1.97. The zero-order valence-electron chi connectivity index (χ0n) is 13.4. The molecule has 2 rings (SSSR count). The van der Waals surface area contributed by atoms with Crippen LogP contribution in [0.3, 0.4) is 0 Å². The van der Waals surface area contributed by atoms with Crippen LogP contribution in [0.4, 0.5) is 0 Å². The Morgan fingerprint density at radius 1 is 1.19 bits per heavy atom. The lowest BCUT2D eigenvalue weighted by atomic mass is 10.1. The van der Waals surface area contributed by atoms with E-state index in [4.69, 9.17) is 4.74 Å². The van der Waals surface area contributed by atoms with Gasteiger partial charge in [-0.2, -0.15) is 11.3 Å². The molecular formula is C18H25NOS. The first-order valence-electron chi connectivity index (χ1n) is 7.42. The van der Waals surface area contributed by atoms with Crippen LogP contribution in [0, 0.1) is 6.92 Å². The summed E-state index contributed by atoms with van der Waals surface area (Å²) < 4.78 is 6.00. The highest BCUT2D eigenvalue weighted by Gasteiger charge is 2.11. The minimum atomic E-state index is 0.109. The van der Waals surface area contributed by atoms with Gasteiger partial charge >= 0.3 is 0 Å². The van der Waals surface area contributed by atoms with Gasteiger partial charge in [0.2, 0.25) is 0 Å². The number of aryl methyl sites for hydroxylation is 1. The number of thiophene rings is 1. The van der Waals surface area contributed by atoms with Gasteiger partial charge in [-0.15, -0.1) is 0 Å². The molecule has 0 radical (unpaired) electrons. The van der Waals surface area contributed by atoms with E-state index in [2.05, 4.69) is 68.0 Å². The first-order valence-corrected chi connectivity index (χ1v) is 8.37. The molecule has 21 heavy (non-hydrogen) atoms. The average molecular weight is 303 g/mol. The van der Waals surface area contributed by atoms with Crippen molar-refractivity contribution in [1.29, 1.82) is 0 Å². The highest BCUT2D eigenvalue weighted by Crippen LogP contribution is 2.21. The molecule has 3 heteroatoms. The first kappa shape index (κ1) is 16.1. The van der Waals surface area contributed by atoms with Crippen LogP contribution in [-0.2, 0) is 13.0 Å². The third kappa shape index (κ3) is 5.52. The molecule has 0 fully saturated rings. The van der Waals surface area contributed by atoms with Crippen molar-refractivity contribution in [3.8, 4) is 5.75 Å². The fourth-order valence-corrected chi connectivity index (χ4v) is 2.76. The number of benzene rings is 1. The summed E-state index contributed by atoms with van der Waals surface area (Å²) in [6, 6.07) is 8.56. The molecule has 1 heterocycles. The van der Waals surface area contributed by atoms with E-state index in [1.165, 1.54) is 16.7 Å². The molecular weight excluding hydrogens is 278 g/mol. The van der Waals surface area contributed by atoms with Gasteiger partial charge in [-0.1, -0.05) is 17.7 Å². The Morgan fingerprint density at radius 2 is 2.00 bits per heavy atom. The van der Waals surface area contributed by atoms with Crippen molar-refractivity contribution in [2.45, 2.75) is 46.2 Å². The van der Waals surface area contributed by atoms with Crippen LogP contribution in [0.25, 0.3) is 0 Å². The standard InChI is InChI=1S/C18H25NOS/c1-14-5-6-17(16(11-14)12-19-18(2,3)4)20-9-7-15-8-10-21-13-15/h5-6,8,10-11,13,19H,7,9,12H2,1-4H3. The highest BCUT2D eigenvalue weighted by molar-refractivity contribution is 7.07. The van der Waals surface area contributed by atoms with Crippen molar-refractivity contribution < 1.29 is 4.74 Å². The largest absolute Gasteiger partial charge is 0.493 e. The van der Waals surface area contributed by atoms with E-state index in [1.54, 1.807) is 11.3 Å². The maximum atomic E-state index is 6.00. The summed E-state index contributed by atoms with van der Waals surface area (Å²) in [6.45, 7) is 10.2. The minimum Gasteiger partial charge on any atom is -0.493 e. The summed E-state index contributed by atoms with van der Waals surface area (Å²) in [5.41, 5.74) is 3.96. The van der Waals surface area contributed by atoms with Crippen LogP contribution < -0.4 is 10.1 Å². The maximum Gasteiger partial charge on any atom is 0.123 e. The molecule has 0 saturated carbocycles. The topological polar surface area (TPSA) is 21.3 Å². The summed E-state index contributed by atoms with van der Waals surface area (Å²) in [7, 11) is 0. The number of hydrogen-bond donors (Lipinski definition) is 1. The molecule has 0 spiro atoms. The SMILES string of the molecule is Cc1ccc(OCCc2ccsc2)c(CNC(C)(C)C)c1. The molecule has 0 aliphatic rings. The normalized spacial score (nSPS) is 11.6. The Kier molecular flexibility index (Phi) is 5.43. The van der Waals surface area contributed by atoms with E-state index in [1.807, 2.05) is 0 Å². The van der Waals surface area contributed by atoms with Gasteiger partial charge in [-0.05, 0) is 56.2 Å². The van der Waals surface area contributed by atoms with Crippen molar-refractivity contribution in [2.24, 2.45) is 0 Å². The molecule has 2 nitrogen and oxygen atoms in total. The van der Waals surface area contributed by atoms with Crippen molar-refractivity contribution in [1.82, 2.24) is 5.32 Å². The first-order chi connectivity index (χ1) is 9.94. The third-order valence-electron chi connectivity index (χ3n) is 3.25. The molecule has 0 atom stereocenters. The lowest BCUT2D eigenvalue weighted by molar-refractivity contribution is 0.315. The molecule has 0 saturated heterocycles. The van der Waals surface area contributed by atoms with Gasteiger partial charge in [0.1, 0.15) is 5.75 Å². The van der Waals surface area contributed by atoms with Crippen LogP contribution in [0.5, 0.6) is 5.75 Å². The molecule has 114 valence electrons. The second kappa shape index (κ2) is 7.10. The van der Waals surface area contributed by atoms with E-state index in [0.29, 0.717) is 0 Å². The van der Waals surface area contributed by atoms with Gasteiger partial charge in [0, 0.05) is 24.1 Å². The smallest absolute Gasteiger partial charge is 0.123 e. The quantitative estimate of drug-likeness (QED) is 0.844. The summed E-state index contributed by atoms with van der Waals surface area (Å²) in [5.74, 6) is 0.993. The summed E-state index contributed by atoms with van der Waals surface area (Å²) in [6.07, 6.45) is 0.962. The zero-order chi connectivity index (χ0) is 15.3. The number of nitrogens with one attached hydrogen (secondary N) is 1. The van der Waals surface area contributed by atoms with Crippen LogP contribution in [0.1, 0.15) is 37.5 Å². The molecule has 1 N–H and O–H groups in total. The van der Waals surface area contributed by atoms with E-state index < -0.39 is 0 Å². The summed E-state index contributed by atoms with van der Waals surface area (Å²) in [5, 5.41) is 7.82. The van der Waals surface area contributed by atoms with Crippen molar-refractivity contribution in [3.05, 3.63) is 51.7 Å². The molecule has 0 aliphatic heterocycles. The highest BCUT2D eigenvalue weighted by atomic mass is 32.1. The van der Waals surface area contributed by atoms with Crippen molar-refractivity contribution in [2.75, 3.05) is 6.61 Å². The number of rotatable bonds is 6. The van der Waals surface area contributed by atoms with Gasteiger partial charge < -0.3 is 10.1 Å². The Labute approximate surface area is 132 Å². The maximum absolute atomic E-state index is 6.00. The zero-order valence-corrected chi connectivity index (χ0v) is 14.2. The summed E-state index contributed by atoms with van der Waals surface area (Å²) >= 11 is 1.74. The second-order valence-corrected chi connectivity index (χ2v) is 7.22. The van der Waals surface area contributed by atoms with E-state index in [0.717, 1.165) is 25.3 Å². The Morgan fingerprint density at radius 3 is 2.67 bits per heavy atom. The van der Waals surface area contributed by atoms with Gasteiger partial charge in [-0.25, -0.2) is 0 Å². The second-order valence-electron chi connectivity index (χ2n) is 6.44. The third-order valence-corrected chi connectivity index (χ3v) is 3.99. The van der Waals surface area contributed by atoms with E-state index in [-0.39, 0.29) is 5.54 Å². The lowest BCUT2D eigenvalue weighted by Crippen LogP contribution is -2.35. The molecule has 0 amide bonds.